The molecule has 170 valence electrons. The zero-order valence-electron chi connectivity index (χ0n) is 17.6. The number of aromatic nitrogens is 1. The minimum absolute atomic E-state index is 0.0141. The fraction of sp³-hybridized carbons (Fsp3) is 0.500. The van der Waals surface area contributed by atoms with E-state index in [9.17, 15) is 18.0 Å². The Morgan fingerprint density at radius 2 is 2.16 bits per heavy atom. The number of ether oxygens (including phenoxy) is 1. The molecule has 1 aliphatic rings. The van der Waals surface area contributed by atoms with Crippen molar-refractivity contribution in [3.05, 3.63) is 28.4 Å². The lowest BCUT2D eigenvalue weighted by atomic mass is 10.2. The van der Waals surface area contributed by atoms with Gasteiger partial charge in [-0.15, -0.1) is 0 Å². The molecule has 1 fully saturated rings. The van der Waals surface area contributed by atoms with Crippen molar-refractivity contribution in [1.82, 2.24) is 14.6 Å². The van der Waals surface area contributed by atoms with Crippen molar-refractivity contribution in [2.45, 2.75) is 36.5 Å². The summed E-state index contributed by atoms with van der Waals surface area (Å²) >= 11 is 5.08. The van der Waals surface area contributed by atoms with Gasteiger partial charge < -0.3 is 15.0 Å². The number of carbonyl (C=O) groups is 2. The Hall–Kier alpha value is -1.40. The molecule has 1 aliphatic heterocycles. The van der Waals surface area contributed by atoms with Gasteiger partial charge in [0, 0.05) is 45.5 Å². The molecule has 8 nitrogen and oxygen atoms in total. The Balaban J connectivity index is 1.77. The number of fused-ring (bicyclic) bond motifs is 1. The first-order chi connectivity index (χ1) is 14.5. The van der Waals surface area contributed by atoms with Crippen LogP contribution in [0.5, 0.6) is 0 Å². The molecule has 1 aromatic heterocycles. The van der Waals surface area contributed by atoms with Gasteiger partial charge in [-0.2, -0.15) is 16.1 Å². The minimum Gasteiger partial charge on any atom is -0.366 e. The van der Waals surface area contributed by atoms with Crippen molar-refractivity contribution in [3.8, 4) is 0 Å². The first-order valence-corrected chi connectivity index (χ1v) is 13.0. The summed E-state index contributed by atoms with van der Waals surface area (Å²) in [6, 6.07) is 5.12. The number of amides is 1. The van der Waals surface area contributed by atoms with Crippen LogP contribution in [-0.2, 0) is 19.6 Å². The molecule has 2 heterocycles. The maximum absolute atomic E-state index is 13.4. The maximum atomic E-state index is 13.4. The third kappa shape index (κ3) is 5.70. The lowest BCUT2D eigenvalue weighted by Crippen LogP contribution is -2.51. The minimum atomic E-state index is -4.03. The van der Waals surface area contributed by atoms with Gasteiger partial charge in [-0.3, -0.25) is 9.59 Å². The fourth-order valence-corrected chi connectivity index (χ4v) is 6.20. The van der Waals surface area contributed by atoms with E-state index in [4.69, 9.17) is 4.74 Å². The predicted molar refractivity (Wildman–Crippen MR) is 125 cm³/mol. The Kier molecular flexibility index (Phi) is 7.52. The SMILES string of the molecule is CC(C)(C)SCCNC(=O)C1CN(S(=O)(=O)c2c(C=O)[nH]c3ccc(Br)cc23)CCO1. The number of H-pyrrole nitrogens is 1. The largest absolute Gasteiger partial charge is 0.366 e. The molecule has 0 aliphatic carbocycles. The molecule has 11 heteroatoms. The normalized spacial score (nSPS) is 18.3. The van der Waals surface area contributed by atoms with Crippen molar-refractivity contribution >= 4 is 60.8 Å². The van der Waals surface area contributed by atoms with E-state index in [-0.39, 0.29) is 40.9 Å². The average molecular weight is 532 g/mol. The van der Waals surface area contributed by atoms with Crippen LogP contribution in [0, 0.1) is 0 Å². The van der Waals surface area contributed by atoms with E-state index in [1.807, 2.05) is 0 Å². The topological polar surface area (TPSA) is 109 Å². The van der Waals surface area contributed by atoms with Crippen LogP contribution >= 0.6 is 27.7 Å². The summed E-state index contributed by atoms with van der Waals surface area (Å²) in [7, 11) is -4.03. The van der Waals surface area contributed by atoms with Crippen LogP contribution in [0.4, 0.5) is 0 Å². The van der Waals surface area contributed by atoms with E-state index in [0.717, 1.165) is 5.75 Å². The van der Waals surface area contributed by atoms with Crippen molar-refractivity contribution in [2.24, 2.45) is 0 Å². The molecule has 31 heavy (non-hydrogen) atoms. The Labute approximate surface area is 194 Å². The van der Waals surface area contributed by atoms with E-state index < -0.39 is 16.1 Å². The number of aromatic amines is 1. The van der Waals surface area contributed by atoms with E-state index in [1.165, 1.54) is 4.31 Å². The standard InChI is InChI=1S/C20H26BrN3O5S2/c1-20(2,3)30-9-6-22-19(26)17-11-24(7-8-29-17)31(27,28)18-14-10-13(21)4-5-15(14)23-16(18)12-25/h4-5,10,12,17,23H,6-9,11H2,1-3H3,(H,22,26). The number of benzene rings is 1. The molecule has 2 N–H and O–H groups in total. The first-order valence-electron chi connectivity index (χ1n) is 9.83. The molecule has 1 saturated heterocycles. The molecule has 3 rings (SSSR count). The monoisotopic (exact) mass is 531 g/mol. The first kappa shape index (κ1) is 24.2. The van der Waals surface area contributed by atoms with Gasteiger partial charge in [-0.05, 0) is 18.2 Å². The number of sulfonamides is 1. The number of thioether (sulfide) groups is 1. The highest BCUT2D eigenvalue weighted by Crippen LogP contribution is 2.31. The Morgan fingerprint density at radius 3 is 2.84 bits per heavy atom. The molecular formula is C20H26BrN3O5S2. The summed E-state index contributed by atoms with van der Waals surface area (Å²) in [5.41, 5.74) is 0.530. The number of morpholine rings is 1. The van der Waals surface area contributed by atoms with Gasteiger partial charge in [0.15, 0.2) is 6.29 Å². The summed E-state index contributed by atoms with van der Waals surface area (Å²) in [5, 5.41) is 3.24. The average Bonchev–Trinajstić information content (AvgIpc) is 3.09. The maximum Gasteiger partial charge on any atom is 0.250 e. The number of halogens is 1. The predicted octanol–water partition coefficient (Wildman–Crippen LogP) is 2.78. The van der Waals surface area contributed by atoms with Gasteiger partial charge in [0.25, 0.3) is 5.91 Å². The number of hydrogen-bond donors (Lipinski definition) is 2. The lowest BCUT2D eigenvalue weighted by Gasteiger charge is -2.31. The van der Waals surface area contributed by atoms with E-state index in [2.05, 4.69) is 47.0 Å². The molecule has 0 spiro atoms. The van der Waals surface area contributed by atoms with E-state index in [1.54, 1.807) is 30.0 Å². The van der Waals surface area contributed by atoms with Crippen LogP contribution in [0.1, 0.15) is 31.3 Å². The number of hydrogen-bond acceptors (Lipinski definition) is 6. The lowest BCUT2D eigenvalue weighted by molar-refractivity contribution is -0.136. The Morgan fingerprint density at radius 1 is 1.42 bits per heavy atom. The molecule has 0 bridgehead atoms. The van der Waals surface area contributed by atoms with Crippen LogP contribution in [0.25, 0.3) is 10.9 Å². The van der Waals surface area contributed by atoms with Crippen LogP contribution in [0.15, 0.2) is 27.6 Å². The van der Waals surface area contributed by atoms with Gasteiger partial charge in [0.1, 0.15) is 11.0 Å². The van der Waals surface area contributed by atoms with Gasteiger partial charge in [0.05, 0.1) is 12.3 Å². The van der Waals surface area contributed by atoms with Gasteiger partial charge in [0.2, 0.25) is 10.0 Å². The van der Waals surface area contributed by atoms with E-state index in [0.29, 0.717) is 28.2 Å². The molecule has 0 radical (unpaired) electrons. The van der Waals surface area contributed by atoms with Crippen molar-refractivity contribution in [1.29, 1.82) is 0 Å². The van der Waals surface area contributed by atoms with Crippen LogP contribution in [0.2, 0.25) is 0 Å². The Bertz CT molecular complexity index is 1080. The molecule has 2 aromatic rings. The number of nitrogens with one attached hydrogen (secondary N) is 2. The number of aldehydes is 1. The third-order valence-corrected chi connectivity index (χ3v) is 8.45. The highest BCUT2D eigenvalue weighted by Gasteiger charge is 2.36. The smallest absolute Gasteiger partial charge is 0.250 e. The highest BCUT2D eigenvalue weighted by molar-refractivity contribution is 9.10. The summed E-state index contributed by atoms with van der Waals surface area (Å²) in [6.45, 7) is 6.86. The third-order valence-electron chi connectivity index (χ3n) is 4.71. The second kappa shape index (κ2) is 9.62. The second-order valence-corrected chi connectivity index (χ2v) is 12.9. The van der Waals surface area contributed by atoms with Gasteiger partial charge in [-0.1, -0.05) is 36.7 Å². The molecule has 1 aromatic carbocycles. The quantitative estimate of drug-likeness (QED) is 0.420. The van der Waals surface area contributed by atoms with Crippen LogP contribution in [0.3, 0.4) is 0 Å². The van der Waals surface area contributed by atoms with Crippen LogP contribution in [-0.4, -0.2) is 72.7 Å². The van der Waals surface area contributed by atoms with Gasteiger partial charge in [-0.25, -0.2) is 8.42 Å². The van der Waals surface area contributed by atoms with Crippen molar-refractivity contribution < 1.29 is 22.7 Å². The number of carbonyl (C=O) groups excluding carboxylic acids is 2. The second-order valence-electron chi connectivity index (χ2n) is 8.15. The number of nitrogens with zero attached hydrogens (tertiary/aromatic N) is 1. The molecule has 1 unspecified atom stereocenters. The van der Waals surface area contributed by atoms with Crippen molar-refractivity contribution in [2.75, 3.05) is 32.0 Å². The van der Waals surface area contributed by atoms with Crippen LogP contribution < -0.4 is 5.32 Å². The molecule has 0 saturated carbocycles. The van der Waals surface area contributed by atoms with E-state index >= 15 is 0 Å². The zero-order chi connectivity index (χ0) is 22.8. The summed E-state index contributed by atoms with van der Waals surface area (Å²) in [6.07, 6.45) is -0.405. The molecule has 1 atom stereocenters. The highest BCUT2D eigenvalue weighted by atomic mass is 79.9. The summed E-state index contributed by atoms with van der Waals surface area (Å²) in [4.78, 5) is 26.9. The molecular weight excluding hydrogens is 506 g/mol. The van der Waals surface area contributed by atoms with Gasteiger partial charge >= 0.3 is 0 Å². The van der Waals surface area contributed by atoms with Crippen molar-refractivity contribution in [3.63, 3.8) is 0 Å². The zero-order valence-corrected chi connectivity index (χ0v) is 20.8. The molecule has 1 amide bonds. The summed E-state index contributed by atoms with van der Waals surface area (Å²) < 4.78 is 34.4. The number of rotatable bonds is 7. The fourth-order valence-electron chi connectivity index (χ4n) is 3.30. The summed E-state index contributed by atoms with van der Waals surface area (Å²) in [5.74, 6) is 0.406.